The predicted molar refractivity (Wildman–Crippen MR) is 140 cm³/mol. The Labute approximate surface area is 225 Å². The van der Waals surface area contributed by atoms with Crippen molar-refractivity contribution in [1.82, 2.24) is 5.32 Å². The standard InChI is InChI=1S/C25H33N3O4.C2HF3O2/c1-17(2)10-12-21(29)20(14-18-8-6-5-7-9-18)27-25(26)28-24(30)16-19-11-13-22(31-3)23(15-19)32-4;3-2(4,5)1(6)7/h5-9,11,13,15,17,20H,10,12,14,16H2,1-4H3,(H3,26,27,28,30);(H,6,7)/t20-;/m1./s1. The van der Waals surface area contributed by atoms with E-state index in [-0.39, 0.29) is 24.1 Å². The number of carbonyl (C=O) groups excluding carboxylic acids is 2. The SMILES string of the molecule is COc1ccc(CC(=O)NC(N)=N[C@H](Cc2ccccc2)C(=O)CCC(C)C)cc1OC.O=C(O)C(F)(F)F. The van der Waals surface area contributed by atoms with Crippen molar-refractivity contribution >= 4 is 23.6 Å². The van der Waals surface area contributed by atoms with Gasteiger partial charge in [0.1, 0.15) is 6.04 Å². The Bertz CT molecular complexity index is 1120. The molecule has 0 spiro atoms. The molecule has 0 aliphatic rings. The van der Waals surface area contributed by atoms with Crippen LogP contribution >= 0.6 is 0 Å². The van der Waals surface area contributed by atoms with Crippen molar-refractivity contribution in [2.45, 2.75) is 51.7 Å². The molecule has 2 aromatic carbocycles. The maximum absolute atomic E-state index is 12.8. The zero-order valence-corrected chi connectivity index (χ0v) is 22.2. The van der Waals surface area contributed by atoms with Crippen LogP contribution in [-0.4, -0.2) is 55.2 Å². The van der Waals surface area contributed by atoms with Gasteiger partial charge in [0.15, 0.2) is 23.2 Å². The number of amides is 1. The fourth-order valence-corrected chi connectivity index (χ4v) is 3.23. The highest BCUT2D eigenvalue weighted by Crippen LogP contribution is 2.27. The minimum atomic E-state index is -5.08. The summed E-state index contributed by atoms with van der Waals surface area (Å²) in [6.45, 7) is 4.15. The molecule has 2 aromatic rings. The van der Waals surface area contributed by atoms with E-state index in [4.69, 9.17) is 25.1 Å². The van der Waals surface area contributed by atoms with Crippen molar-refractivity contribution in [1.29, 1.82) is 0 Å². The fourth-order valence-electron chi connectivity index (χ4n) is 3.23. The molecule has 0 saturated carbocycles. The minimum absolute atomic E-state index is 0.0136. The highest BCUT2D eigenvalue weighted by Gasteiger charge is 2.38. The second-order valence-electron chi connectivity index (χ2n) is 8.84. The third-order valence-electron chi connectivity index (χ3n) is 5.23. The monoisotopic (exact) mass is 553 g/mol. The Morgan fingerprint density at radius 3 is 2.10 bits per heavy atom. The van der Waals surface area contributed by atoms with Crippen molar-refractivity contribution in [3.05, 3.63) is 59.7 Å². The lowest BCUT2D eigenvalue weighted by Crippen LogP contribution is -2.39. The van der Waals surface area contributed by atoms with Gasteiger partial charge in [0.05, 0.1) is 20.6 Å². The number of alkyl halides is 3. The summed E-state index contributed by atoms with van der Waals surface area (Å²) in [4.78, 5) is 38.5. The molecule has 39 heavy (non-hydrogen) atoms. The van der Waals surface area contributed by atoms with Gasteiger partial charge >= 0.3 is 12.1 Å². The van der Waals surface area contributed by atoms with Crippen molar-refractivity contribution in [3.63, 3.8) is 0 Å². The number of hydrogen-bond acceptors (Lipinski definition) is 6. The molecule has 2 rings (SSSR count). The van der Waals surface area contributed by atoms with E-state index in [0.717, 1.165) is 17.5 Å². The molecule has 0 aliphatic heterocycles. The number of carboxylic acid groups (broad SMARTS) is 1. The van der Waals surface area contributed by atoms with E-state index in [1.54, 1.807) is 25.3 Å². The molecule has 0 unspecified atom stereocenters. The molecule has 0 heterocycles. The molecule has 4 N–H and O–H groups in total. The number of benzene rings is 2. The van der Waals surface area contributed by atoms with Gasteiger partial charge in [-0.25, -0.2) is 9.79 Å². The first-order chi connectivity index (χ1) is 18.3. The number of ketones is 1. The van der Waals surface area contributed by atoms with E-state index in [1.165, 1.54) is 7.11 Å². The van der Waals surface area contributed by atoms with E-state index in [9.17, 15) is 22.8 Å². The number of hydrogen-bond donors (Lipinski definition) is 3. The summed E-state index contributed by atoms with van der Waals surface area (Å²) in [6, 6.07) is 14.3. The molecule has 9 nitrogen and oxygen atoms in total. The maximum Gasteiger partial charge on any atom is 0.490 e. The minimum Gasteiger partial charge on any atom is -0.493 e. The first-order valence-electron chi connectivity index (χ1n) is 12.0. The summed E-state index contributed by atoms with van der Waals surface area (Å²) in [5, 5.41) is 9.72. The number of carboxylic acids is 1. The number of nitrogens with two attached hydrogens (primary N) is 1. The number of halogens is 3. The molecular formula is C27H34F3N3O6. The lowest BCUT2D eigenvalue weighted by atomic mass is 9.97. The van der Waals surface area contributed by atoms with Gasteiger partial charge in [0.2, 0.25) is 5.91 Å². The Balaban J connectivity index is 0.000000956. The third-order valence-corrected chi connectivity index (χ3v) is 5.23. The zero-order chi connectivity index (χ0) is 29.6. The van der Waals surface area contributed by atoms with E-state index >= 15 is 0 Å². The summed E-state index contributed by atoms with van der Waals surface area (Å²) < 4.78 is 42.2. The summed E-state index contributed by atoms with van der Waals surface area (Å²) in [6.07, 6.45) is -3.36. The lowest BCUT2D eigenvalue weighted by molar-refractivity contribution is -0.192. The number of nitrogens with one attached hydrogen (secondary N) is 1. The molecule has 0 radical (unpaired) electrons. The molecule has 1 amide bonds. The summed E-state index contributed by atoms with van der Waals surface area (Å²) >= 11 is 0. The van der Waals surface area contributed by atoms with Crippen LogP contribution in [0.5, 0.6) is 11.5 Å². The number of rotatable bonds is 11. The molecule has 0 bridgehead atoms. The fraction of sp³-hybridized carbons (Fsp3) is 0.407. The number of aliphatic carboxylic acids is 1. The van der Waals surface area contributed by atoms with Crippen LogP contribution < -0.4 is 20.5 Å². The number of Topliss-reactive ketones (excluding diaryl/α,β-unsaturated/α-hetero) is 1. The largest absolute Gasteiger partial charge is 0.493 e. The average Bonchev–Trinajstić information content (AvgIpc) is 2.87. The molecule has 214 valence electrons. The van der Waals surface area contributed by atoms with Crippen LogP contribution in [0.2, 0.25) is 0 Å². The second-order valence-corrected chi connectivity index (χ2v) is 8.84. The number of ether oxygens (including phenoxy) is 2. The highest BCUT2D eigenvalue weighted by molar-refractivity contribution is 5.98. The number of methoxy groups -OCH3 is 2. The molecular weight excluding hydrogens is 519 g/mol. The van der Waals surface area contributed by atoms with Crippen molar-refractivity contribution in [3.8, 4) is 11.5 Å². The Hall–Kier alpha value is -4.09. The molecule has 0 aromatic heterocycles. The summed E-state index contributed by atoms with van der Waals surface area (Å²) in [5.41, 5.74) is 7.73. The zero-order valence-electron chi connectivity index (χ0n) is 22.2. The quantitative estimate of drug-likeness (QED) is 0.283. The highest BCUT2D eigenvalue weighted by atomic mass is 19.4. The van der Waals surface area contributed by atoms with Crippen LogP contribution in [0, 0.1) is 5.92 Å². The normalized spacial score (nSPS) is 12.2. The molecule has 0 saturated heterocycles. The number of nitrogens with zero attached hydrogens (tertiary/aromatic N) is 1. The van der Waals surface area contributed by atoms with E-state index in [1.807, 2.05) is 30.3 Å². The smallest absolute Gasteiger partial charge is 0.490 e. The molecule has 0 fully saturated rings. The van der Waals surface area contributed by atoms with Crippen molar-refractivity contribution in [2.75, 3.05) is 14.2 Å². The maximum atomic E-state index is 12.8. The van der Waals surface area contributed by atoms with Gasteiger partial charge in [-0.05, 0) is 35.6 Å². The van der Waals surface area contributed by atoms with Gasteiger partial charge in [0, 0.05) is 12.8 Å². The van der Waals surface area contributed by atoms with Gasteiger partial charge in [-0.1, -0.05) is 50.2 Å². The van der Waals surface area contributed by atoms with Gasteiger partial charge in [-0.15, -0.1) is 0 Å². The van der Waals surface area contributed by atoms with E-state index in [2.05, 4.69) is 24.2 Å². The van der Waals surface area contributed by atoms with Crippen molar-refractivity contribution < 1.29 is 42.1 Å². The van der Waals surface area contributed by atoms with Crippen LogP contribution in [0.15, 0.2) is 53.5 Å². The first kappa shape index (κ1) is 32.9. The van der Waals surface area contributed by atoms with Gasteiger partial charge < -0.3 is 20.3 Å². The van der Waals surface area contributed by atoms with E-state index < -0.39 is 18.2 Å². The second kappa shape index (κ2) is 16.0. The summed E-state index contributed by atoms with van der Waals surface area (Å²) in [7, 11) is 3.09. The van der Waals surface area contributed by atoms with Crippen LogP contribution in [0.3, 0.4) is 0 Å². The van der Waals surface area contributed by atoms with Gasteiger partial charge in [0.25, 0.3) is 0 Å². The van der Waals surface area contributed by atoms with Gasteiger partial charge in [-0.3, -0.25) is 14.9 Å². The van der Waals surface area contributed by atoms with Crippen LogP contribution in [0.4, 0.5) is 13.2 Å². The van der Waals surface area contributed by atoms with Crippen LogP contribution in [0.25, 0.3) is 0 Å². The molecule has 12 heteroatoms. The Morgan fingerprint density at radius 1 is 1.00 bits per heavy atom. The third kappa shape index (κ3) is 12.8. The van der Waals surface area contributed by atoms with Gasteiger partial charge in [-0.2, -0.15) is 13.2 Å². The Kier molecular flexibility index (Phi) is 13.5. The van der Waals surface area contributed by atoms with Crippen LogP contribution in [0.1, 0.15) is 37.8 Å². The molecule has 1 atom stereocenters. The Morgan fingerprint density at radius 2 is 1.59 bits per heavy atom. The lowest BCUT2D eigenvalue weighted by Gasteiger charge is -2.14. The average molecular weight is 554 g/mol. The topological polar surface area (TPSA) is 140 Å². The van der Waals surface area contributed by atoms with Crippen molar-refractivity contribution in [2.24, 2.45) is 16.6 Å². The summed E-state index contributed by atoms with van der Waals surface area (Å²) in [5.74, 6) is -1.59. The predicted octanol–water partition coefficient (Wildman–Crippen LogP) is 3.93. The van der Waals surface area contributed by atoms with E-state index in [0.29, 0.717) is 30.3 Å². The number of aliphatic imine (C=N–C) groups is 1. The van der Waals surface area contributed by atoms with Crippen LogP contribution in [-0.2, 0) is 27.2 Å². The number of carbonyl (C=O) groups is 3. The first-order valence-corrected chi connectivity index (χ1v) is 12.0. The number of guanidine groups is 1. The molecule has 0 aliphatic carbocycles.